The molecule has 4 nitrogen and oxygen atoms in total. The number of para-hydroxylation sites is 1. The molecule has 1 fully saturated rings. The summed E-state index contributed by atoms with van der Waals surface area (Å²) in [5.74, 6) is 0.575. The van der Waals surface area contributed by atoms with Crippen molar-refractivity contribution in [3.8, 4) is 0 Å². The summed E-state index contributed by atoms with van der Waals surface area (Å²) in [5, 5.41) is 0.994. The van der Waals surface area contributed by atoms with E-state index in [-0.39, 0.29) is 5.91 Å². The fourth-order valence-corrected chi connectivity index (χ4v) is 2.63. The van der Waals surface area contributed by atoms with Crippen LogP contribution in [0.2, 0.25) is 0 Å². The third-order valence-corrected chi connectivity index (χ3v) is 3.73. The van der Waals surface area contributed by atoms with Crippen molar-refractivity contribution < 1.29 is 4.79 Å². The fraction of sp³-hybridized carbons (Fsp3) is 0.438. The van der Waals surface area contributed by atoms with Crippen molar-refractivity contribution in [2.45, 2.75) is 32.7 Å². The first-order valence-electron chi connectivity index (χ1n) is 7.24. The summed E-state index contributed by atoms with van der Waals surface area (Å²) in [5.41, 5.74) is 8.13. The SMILES string of the molecule is CC(C)CN(C(=O)c1cc2cccc(N)c2[nH]1)C1CC1. The van der Waals surface area contributed by atoms with E-state index >= 15 is 0 Å². The second-order valence-electron chi connectivity index (χ2n) is 6.08. The lowest BCUT2D eigenvalue weighted by molar-refractivity contribution is 0.0717. The molecular weight excluding hydrogens is 250 g/mol. The number of nitrogens with zero attached hydrogens (tertiary/aromatic N) is 1. The molecule has 0 spiro atoms. The van der Waals surface area contributed by atoms with Gasteiger partial charge < -0.3 is 15.6 Å². The molecule has 1 aliphatic carbocycles. The summed E-state index contributed by atoms with van der Waals surface area (Å²) >= 11 is 0. The van der Waals surface area contributed by atoms with Crippen LogP contribution in [-0.2, 0) is 0 Å². The van der Waals surface area contributed by atoms with Gasteiger partial charge in [0, 0.05) is 18.0 Å². The lowest BCUT2D eigenvalue weighted by atomic mass is 10.2. The number of hydrogen-bond acceptors (Lipinski definition) is 2. The highest BCUT2D eigenvalue weighted by Crippen LogP contribution is 2.30. The van der Waals surface area contributed by atoms with Crippen LogP contribution in [0.5, 0.6) is 0 Å². The van der Waals surface area contributed by atoms with E-state index in [9.17, 15) is 4.79 Å². The Hall–Kier alpha value is -1.97. The van der Waals surface area contributed by atoms with Crippen LogP contribution >= 0.6 is 0 Å². The molecule has 0 bridgehead atoms. The Morgan fingerprint density at radius 3 is 2.80 bits per heavy atom. The standard InChI is InChI=1S/C16H21N3O/c1-10(2)9-19(12-6-7-12)16(20)14-8-11-4-3-5-13(17)15(11)18-14/h3-5,8,10,12,18H,6-7,9,17H2,1-2H3. The van der Waals surface area contributed by atoms with Gasteiger partial charge in [0.2, 0.25) is 0 Å². The van der Waals surface area contributed by atoms with Crippen molar-refractivity contribution in [1.29, 1.82) is 0 Å². The number of benzene rings is 1. The molecule has 0 atom stereocenters. The summed E-state index contributed by atoms with van der Waals surface area (Å²) in [7, 11) is 0. The van der Waals surface area contributed by atoms with Gasteiger partial charge in [-0.05, 0) is 30.9 Å². The predicted octanol–water partition coefficient (Wildman–Crippen LogP) is 3.01. The topological polar surface area (TPSA) is 62.1 Å². The van der Waals surface area contributed by atoms with Crippen LogP contribution in [0, 0.1) is 5.92 Å². The monoisotopic (exact) mass is 271 g/mol. The second kappa shape index (κ2) is 4.85. The Kier molecular flexibility index (Phi) is 3.16. The summed E-state index contributed by atoms with van der Waals surface area (Å²) < 4.78 is 0. The molecule has 1 aromatic heterocycles. The molecule has 4 heteroatoms. The number of carbonyl (C=O) groups excluding carboxylic acids is 1. The quantitative estimate of drug-likeness (QED) is 0.840. The van der Waals surface area contributed by atoms with Crippen LogP contribution in [0.25, 0.3) is 10.9 Å². The zero-order valence-corrected chi connectivity index (χ0v) is 12.0. The lowest BCUT2D eigenvalue weighted by Crippen LogP contribution is -2.36. The van der Waals surface area contributed by atoms with Gasteiger partial charge in [-0.25, -0.2) is 0 Å². The van der Waals surface area contributed by atoms with Crippen LogP contribution < -0.4 is 5.73 Å². The van der Waals surface area contributed by atoms with Gasteiger partial charge in [0.15, 0.2) is 0 Å². The van der Waals surface area contributed by atoms with E-state index in [0.717, 1.165) is 30.3 Å². The molecule has 0 aliphatic heterocycles. The van der Waals surface area contributed by atoms with E-state index in [1.807, 2.05) is 29.2 Å². The average molecular weight is 271 g/mol. The number of anilines is 1. The number of aromatic amines is 1. The van der Waals surface area contributed by atoms with Crippen LogP contribution in [0.1, 0.15) is 37.2 Å². The molecule has 106 valence electrons. The molecule has 3 rings (SSSR count). The number of fused-ring (bicyclic) bond motifs is 1. The molecule has 0 saturated heterocycles. The Bertz CT molecular complexity index is 640. The Balaban J connectivity index is 1.92. The first-order chi connectivity index (χ1) is 9.56. The van der Waals surface area contributed by atoms with Gasteiger partial charge in [-0.2, -0.15) is 0 Å². The number of rotatable bonds is 4. The van der Waals surface area contributed by atoms with Gasteiger partial charge in [0.1, 0.15) is 5.69 Å². The normalized spacial score (nSPS) is 14.9. The van der Waals surface area contributed by atoms with E-state index in [2.05, 4.69) is 18.8 Å². The van der Waals surface area contributed by atoms with E-state index in [4.69, 9.17) is 5.73 Å². The predicted molar refractivity (Wildman–Crippen MR) is 81.6 cm³/mol. The molecular formula is C16H21N3O. The number of H-pyrrole nitrogens is 1. The number of nitrogens with one attached hydrogen (secondary N) is 1. The highest BCUT2D eigenvalue weighted by Gasteiger charge is 2.33. The number of nitrogens with two attached hydrogens (primary N) is 1. The Morgan fingerprint density at radius 2 is 2.20 bits per heavy atom. The minimum Gasteiger partial charge on any atom is -0.397 e. The summed E-state index contributed by atoms with van der Waals surface area (Å²) in [4.78, 5) is 17.9. The first-order valence-corrected chi connectivity index (χ1v) is 7.24. The van der Waals surface area contributed by atoms with Crippen molar-refractivity contribution >= 4 is 22.5 Å². The van der Waals surface area contributed by atoms with Crippen LogP contribution in [0.3, 0.4) is 0 Å². The maximum atomic E-state index is 12.7. The van der Waals surface area contributed by atoms with Crippen molar-refractivity contribution in [2.75, 3.05) is 12.3 Å². The second-order valence-corrected chi connectivity index (χ2v) is 6.08. The van der Waals surface area contributed by atoms with Crippen molar-refractivity contribution in [3.05, 3.63) is 30.0 Å². The number of amides is 1. The largest absolute Gasteiger partial charge is 0.397 e. The molecule has 1 aliphatic rings. The number of carbonyl (C=O) groups is 1. The van der Waals surface area contributed by atoms with Gasteiger partial charge >= 0.3 is 0 Å². The maximum Gasteiger partial charge on any atom is 0.270 e. The fourth-order valence-electron chi connectivity index (χ4n) is 2.63. The first kappa shape index (κ1) is 13.0. The Morgan fingerprint density at radius 1 is 1.45 bits per heavy atom. The average Bonchev–Trinajstić information content (AvgIpc) is 3.14. The molecule has 0 unspecified atom stereocenters. The zero-order chi connectivity index (χ0) is 14.3. The number of nitrogen functional groups attached to an aromatic ring is 1. The van der Waals surface area contributed by atoms with E-state index in [1.165, 1.54) is 0 Å². The molecule has 1 saturated carbocycles. The molecule has 1 aromatic carbocycles. The molecule has 0 radical (unpaired) electrons. The van der Waals surface area contributed by atoms with E-state index in [1.54, 1.807) is 0 Å². The van der Waals surface area contributed by atoms with Crippen LogP contribution in [-0.4, -0.2) is 28.4 Å². The van der Waals surface area contributed by atoms with Crippen molar-refractivity contribution in [1.82, 2.24) is 9.88 Å². The molecule has 1 heterocycles. The van der Waals surface area contributed by atoms with E-state index < -0.39 is 0 Å². The number of hydrogen-bond donors (Lipinski definition) is 2. The molecule has 20 heavy (non-hydrogen) atoms. The van der Waals surface area contributed by atoms with Gasteiger partial charge in [0.25, 0.3) is 5.91 Å². The minimum absolute atomic E-state index is 0.0943. The summed E-state index contributed by atoms with van der Waals surface area (Å²) in [6.07, 6.45) is 2.25. The third-order valence-electron chi connectivity index (χ3n) is 3.73. The smallest absolute Gasteiger partial charge is 0.270 e. The lowest BCUT2D eigenvalue weighted by Gasteiger charge is -2.23. The Labute approximate surface area is 118 Å². The van der Waals surface area contributed by atoms with E-state index in [0.29, 0.717) is 23.3 Å². The molecule has 2 aromatic rings. The van der Waals surface area contributed by atoms with Crippen LogP contribution in [0.15, 0.2) is 24.3 Å². The summed E-state index contributed by atoms with van der Waals surface area (Å²) in [6, 6.07) is 8.06. The summed E-state index contributed by atoms with van der Waals surface area (Å²) in [6.45, 7) is 5.10. The highest BCUT2D eigenvalue weighted by atomic mass is 16.2. The highest BCUT2D eigenvalue weighted by molar-refractivity contribution is 6.01. The molecule has 1 amide bonds. The van der Waals surface area contributed by atoms with Gasteiger partial charge in [-0.15, -0.1) is 0 Å². The minimum atomic E-state index is 0.0943. The molecule has 3 N–H and O–H groups in total. The van der Waals surface area contributed by atoms with Gasteiger partial charge in [-0.1, -0.05) is 26.0 Å². The maximum absolute atomic E-state index is 12.7. The van der Waals surface area contributed by atoms with Crippen LogP contribution in [0.4, 0.5) is 5.69 Å². The third kappa shape index (κ3) is 2.38. The van der Waals surface area contributed by atoms with Crippen molar-refractivity contribution in [3.63, 3.8) is 0 Å². The van der Waals surface area contributed by atoms with Gasteiger partial charge in [0.05, 0.1) is 11.2 Å². The van der Waals surface area contributed by atoms with Crippen molar-refractivity contribution in [2.24, 2.45) is 5.92 Å². The zero-order valence-electron chi connectivity index (χ0n) is 12.0. The van der Waals surface area contributed by atoms with Gasteiger partial charge in [-0.3, -0.25) is 4.79 Å². The number of aromatic nitrogens is 1.